The molecule has 0 aromatic heterocycles. The first-order chi connectivity index (χ1) is 8.25. The third-order valence-corrected chi connectivity index (χ3v) is 2.92. The van der Waals surface area contributed by atoms with Crippen LogP contribution in [-0.2, 0) is 11.3 Å². The van der Waals surface area contributed by atoms with Crippen molar-refractivity contribution in [1.82, 2.24) is 4.90 Å². The number of rotatable bonds is 5. The number of hydrogen-bond acceptors (Lipinski definition) is 3. The van der Waals surface area contributed by atoms with Crippen LogP contribution in [0.25, 0.3) is 0 Å². The molecule has 0 unspecified atom stereocenters. The summed E-state index contributed by atoms with van der Waals surface area (Å²) in [7, 11) is 0. The molecule has 0 spiro atoms. The summed E-state index contributed by atoms with van der Waals surface area (Å²) in [6.45, 7) is 2.80. The molecule has 18 heavy (non-hydrogen) atoms. The number of carboxylic acids is 1. The van der Waals surface area contributed by atoms with Crippen LogP contribution >= 0.6 is 12.4 Å². The Balaban J connectivity index is 0.00000162. The lowest BCUT2D eigenvalue weighted by atomic mass is 10.2. The predicted octanol–water partition coefficient (Wildman–Crippen LogP) is 2.17. The van der Waals surface area contributed by atoms with E-state index >= 15 is 0 Å². The molecule has 1 heterocycles. The maximum Gasteiger partial charge on any atom is 0.341 e. The third-order valence-electron chi connectivity index (χ3n) is 2.92. The maximum atomic E-state index is 10.5. The zero-order valence-corrected chi connectivity index (χ0v) is 11.0. The minimum absolute atomic E-state index is 0. The van der Waals surface area contributed by atoms with Crippen LogP contribution in [0.1, 0.15) is 18.4 Å². The van der Waals surface area contributed by atoms with Gasteiger partial charge in [-0.15, -0.1) is 12.4 Å². The van der Waals surface area contributed by atoms with E-state index < -0.39 is 5.97 Å². The Kier molecular flexibility index (Phi) is 5.95. The first-order valence-corrected chi connectivity index (χ1v) is 5.90. The Morgan fingerprint density at radius 2 is 1.94 bits per heavy atom. The highest BCUT2D eigenvalue weighted by Crippen LogP contribution is 2.21. The number of carboxylic acid groups (broad SMARTS) is 1. The van der Waals surface area contributed by atoms with Crippen LogP contribution in [0.5, 0.6) is 5.75 Å². The fourth-order valence-electron chi connectivity index (χ4n) is 2.10. The van der Waals surface area contributed by atoms with Crippen molar-refractivity contribution >= 4 is 18.4 Å². The number of halogens is 1. The van der Waals surface area contributed by atoms with Crippen molar-refractivity contribution in [1.29, 1.82) is 0 Å². The second kappa shape index (κ2) is 7.24. The first-order valence-electron chi connectivity index (χ1n) is 5.90. The van der Waals surface area contributed by atoms with E-state index in [1.807, 2.05) is 24.3 Å². The van der Waals surface area contributed by atoms with Gasteiger partial charge in [-0.3, -0.25) is 4.90 Å². The highest BCUT2D eigenvalue weighted by Gasteiger charge is 2.14. The highest BCUT2D eigenvalue weighted by atomic mass is 35.5. The third kappa shape index (κ3) is 4.20. The van der Waals surface area contributed by atoms with E-state index in [0.29, 0.717) is 5.75 Å². The van der Waals surface area contributed by atoms with Gasteiger partial charge in [-0.05, 0) is 32.0 Å². The second-order valence-corrected chi connectivity index (χ2v) is 4.27. The lowest BCUT2D eigenvalue weighted by Crippen LogP contribution is -2.19. The van der Waals surface area contributed by atoms with E-state index in [4.69, 9.17) is 9.84 Å². The Bertz CT molecular complexity index is 392. The molecule has 1 aromatic rings. The van der Waals surface area contributed by atoms with Crippen molar-refractivity contribution in [2.24, 2.45) is 0 Å². The van der Waals surface area contributed by atoms with Crippen molar-refractivity contribution < 1.29 is 14.6 Å². The lowest BCUT2D eigenvalue weighted by molar-refractivity contribution is -0.139. The summed E-state index contributed by atoms with van der Waals surface area (Å²) >= 11 is 0. The maximum absolute atomic E-state index is 10.5. The van der Waals surface area contributed by atoms with Crippen LogP contribution in [0.3, 0.4) is 0 Å². The molecule has 1 fully saturated rings. The van der Waals surface area contributed by atoms with Crippen LogP contribution in [0, 0.1) is 0 Å². The molecule has 1 aromatic carbocycles. The number of ether oxygens (including phenoxy) is 1. The molecule has 1 aliphatic rings. The summed E-state index contributed by atoms with van der Waals surface area (Å²) in [5.41, 5.74) is 1.07. The molecule has 0 saturated carbocycles. The summed E-state index contributed by atoms with van der Waals surface area (Å²) in [5, 5.41) is 8.61. The monoisotopic (exact) mass is 271 g/mol. The van der Waals surface area contributed by atoms with E-state index in [0.717, 1.165) is 25.2 Å². The van der Waals surface area contributed by atoms with Crippen molar-refractivity contribution in [2.75, 3.05) is 19.7 Å². The quantitative estimate of drug-likeness (QED) is 0.892. The SMILES string of the molecule is Cl.O=C(O)COc1ccccc1CN1CCCC1. The summed E-state index contributed by atoms with van der Waals surface area (Å²) in [4.78, 5) is 12.9. The number of likely N-dealkylation sites (tertiary alicyclic amines) is 1. The topological polar surface area (TPSA) is 49.8 Å². The number of benzene rings is 1. The molecule has 5 heteroatoms. The van der Waals surface area contributed by atoms with Crippen molar-refractivity contribution in [3.63, 3.8) is 0 Å². The lowest BCUT2D eigenvalue weighted by Gasteiger charge is -2.17. The standard InChI is InChI=1S/C13H17NO3.ClH/c15-13(16)10-17-12-6-2-1-5-11(12)9-14-7-3-4-8-14;/h1-2,5-6H,3-4,7-10H2,(H,15,16);1H. The normalized spacial score (nSPS) is 15.1. The summed E-state index contributed by atoms with van der Waals surface area (Å²) in [6, 6.07) is 7.65. The van der Waals surface area contributed by atoms with E-state index in [1.54, 1.807) is 0 Å². The number of aliphatic carboxylic acids is 1. The van der Waals surface area contributed by atoms with E-state index in [9.17, 15) is 4.79 Å². The average molecular weight is 272 g/mol. The van der Waals surface area contributed by atoms with Gasteiger partial charge in [0.25, 0.3) is 0 Å². The molecule has 1 N–H and O–H groups in total. The number of nitrogens with zero attached hydrogens (tertiary/aromatic N) is 1. The van der Waals surface area contributed by atoms with Gasteiger partial charge in [0.1, 0.15) is 5.75 Å². The van der Waals surface area contributed by atoms with E-state index in [1.165, 1.54) is 12.8 Å². The molecular weight excluding hydrogens is 254 g/mol. The number of hydrogen-bond donors (Lipinski definition) is 1. The summed E-state index contributed by atoms with van der Waals surface area (Å²) in [5.74, 6) is -0.261. The minimum atomic E-state index is -0.944. The Hall–Kier alpha value is -1.26. The van der Waals surface area contributed by atoms with Gasteiger partial charge in [-0.25, -0.2) is 4.79 Å². The first kappa shape index (κ1) is 14.8. The largest absolute Gasteiger partial charge is 0.482 e. The zero-order valence-electron chi connectivity index (χ0n) is 10.2. The second-order valence-electron chi connectivity index (χ2n) is 4.27. The Morgan fingerprint density at radius 1 is 1.28 bits per heavy atom. The van der Waals surface area contributed by atoms with Gasteiger partial charge in [0, 0.05) is 12.1 Å². The molecule has 2 rings (SSSR count). The van der Waals surface area contributed by atoms with Gasteiger partial charge < -0.3 is 9.84 Å². The molecular formula is C13H18ClNO3. The molecule has 1 aliphatic heterocycles. The van der Waals surface area contributed by atoms with Gasteiger partial charge in [0.05, 0.1) is 0 Å². The molecule has 0 amide bonds. The smallest absolute Gasteiger partial charge is 0.341 e. The summed E-state index contributed by atoms with van der Waals surface area (Å²) in [6.07, 6.45) is 2.50. The van der Waals surface area contributed by atoms with Crippen LogP contribution in [0.2, 0.25) is 0 Å². The molecule has 4 nitrogen and oxygen atoms in total. The van der Waals surface area contributed by atoms with Crippen molar-refractivity contribution in [3.8, 4) is 5.75 Å². The Labute approximate surface area is 113 Å². The van der Waals surface area contributed by atoms with E-state index in [2.05, 4.69) is 4.90 Å². The molecule has 100 valence electrons. The highest BCUT2D eigenvalue weighted by molar-refractivity contribution is 5.85. The van der Waals surface area contributed by atoms with Crippen LogP contribution in [-0.4, -0.2) is 35.7 Å². The van der Waals surface area contributed by atoms with Gasteiger partial charge >= 0.3 is 5.97 Å². The predicted molar refractivity (Wildman–Crippen MR) is 71.3 cm³/mol. The molecule has 0 radical (unpaired) electrons. The number of carbonyl (C=O) groups is 1. The van der Waals surface area contributed by atoms with Gasteiger partial charge in [-0.2, -0.15) is 0 Å². The van der Waals surface area contributed by atoms with Crippen molar-refractivity contribution in [2.45, 2.75) is 19.4 Å². The fraction of sp³-hybridized carbons (Fsp3) is 0.462. The van der Waals surface area contributed by atoms with Gasteiger partial charge in [0.2, 0.25) is 0 Å². The number of para-hydroxylation sites is 1. The molecule has 1 saturated heterocycles. The fourth-order valence-corrected chi connectivity index (χ4v) is 2.10. The van der Waals surface area contributed by atoms with Crippen LogP contribution < -0.4 is 4.74 Å². The van der Waals surface area contributed by atoms with E-state index in [-0.39, 0.29) is 19.0 Å². The average Bonchev–Trinajstić information content (AvgIpc) is 2.80. The van der Waals surface area contributed by atoms with Crippen LogP contribution in [0.15, 0.2) is 24.3 Å². The molecule has 0 bridgehead atoms. The van der Waals surface area contributed by atoms with Crippen LogP contribution in [0.4, 0.5) is 0 Å². The molecule has 0 atom stereocenters. The van der Waals surface area contributed by atoms with Gasteiger partial charge in [0.15, 0.2) is 6.61 Å². The molecule has 0 aliphatic carbocycles. The summed E-state index contributed by atoms with van der Waals surface area (Å²) < 4.78 is 5.28. The minimum Gasteiger partial charge on any atom is -0.482 e. The van der Waals surface area contributed by atoms with Gasteiger partial charge in [-0.1, -0.05) is 18.2 Å². The zero-order chi connectivity index (χ0) is 12.1. The Morgan fingerprint density at radius 3 is 2.61 bits per heavy atom. The van der Waals surface area contributed by atoms with Crippen molar-refractivity contribution in [3.05, 3.63) is 29.8 Å².